The number of likely N-dealkylation sites (N-methyl/N-ethyl adjacent to an activating group) is 1. The number of sulfonamides is 1. The van der Waals surface area contributed by atoms with Crippen molar-refractivity contribution >= 4 is 31.9 Å². The van der Waals surface area contributed by atoms with E-state index in [9.17, 15) is 13.2 Å². The number of hydrogen-bond acceptors (Lipinski definition) is 4. The van der Waals surface area contributed by atoms with Crippen LogP contribution in [-0.2, 0) is 14.8 Å². The van der Waals surface area contributed by atoms with Gasteiger partial charge in [0.25, 0.3) is 5.91 Å². The number of primary sulfonamides is 1. The first-order valence-electron chi connectivity index (χ1n) is 6.44. The van der Waals surface area contributed by atoms with Crippen LogP contribution in [0.2, 0.25) is 0 Å². The maximum Gasteiger partial charge on any atom is 0.260 e. The molecule has 6 nitrogen and oxygen atoms in total. The van der Waals surface area contributed by atoms with Gasteiger partial charge < -0.3 is 9.64 Å². The zero-order valence-corrected chi connectivity index (χ0v) is 14.6. The van der Waals surface area contributed by atoms with Gasteiger partial charge in [-0.25, -0.2) is 13.6 Å². The normalized spacial score (nSPS) is 11.3. The average molecular weight is 379 g/mol. The van der Waals surface area contributed by atoms with Gasteiger partial charge in [0.15, 0.2) is 6.61 Å². The molecule has 0 radical (unpaired) electrons. The topological polar surface area (TPSA) is 89.7 Å². The molecule has 0 spiro atoms. The third-order valence-corrected chi connectivity index (χ3v) is 4.34. The van der Waals surface area contributed by atoms with Crippen LogP contribution in [0.15, 0.2) is 21.5 Å². The molecule has 2 N–H and O–H groups in total. The lowest BCUT2D eigenvalue weighted by molar-refractivity contribution is -0.133. The highest BCUT2D eigenvalue weighted by atomic mass is 79.9. The second-order valence-electron chi connectivity index (χ2n) is 4.45. The van der Waals surface area contributed by atoms with Crippen LogP contribution in [0.4, 0.5) is 0 Å². The molecule has 0 aliphatic heterocycles. The van der Waals surface area contributed by atoms with Crippen molar-refractivity contribution < 1.29 is 17.9 Å². The monoisotopic (exact) mass is 378 g/mol. The number of rotatable bonds is 6. The van der Waals surface area contributed by atoms with Gasteiger partial charge in [0, 0.05) is 17.6 Å². The first kappa shape index (κ1) is 17.9. The molecule has 1 rings (SSSR count). The van der Waals surface area contributed by atoms with Crippen molar-refractivity contribution in [2.24, 2.45) is 5.14 Å². The largest absolute Gasteiger partial charge is 0.482 e. The van der Waals surface area contributed by atoms with E-state index in [-0.39, 0.29) is 23.2 Å². The SMILES string of the molecule is CCN(CC)C(=O)COc1c(C)cc(Br)cc1S(N)(=O)=O. The number of carbonyl (C=O) groups is 1. The molecule has 0 fully saturated rings. The van der Waals surface area contributed by atoms with Crippen LogP contribution in [0.3, 0.4) is 0 Å². The molecule has 0 aliphatic carbocycles. The number of benzene rings is 1. The summed E-state index contributed by atoms with van der Waals surface area (Å²) in [6.07, 6.45) is 0. The Balaban J connectivity index is 3.06. The van der Waals surface area contributed by atoms with E-state index in [1.165, 1.54) is 6.07 Å². The van der Waals surface area contributed by atoms with E-state index >= 15 is 0 Å². The summed E-state index contributed by atoms with van der Waals surface area (Å²) < 4.78 is 29.3. The van der Waals surface area contributed by atoms with Crippen molar-refractivity contribution in [2.45, 2.75) is 25.7 Å². The predicted octanol–water partition coefficient (Wildman–Crippen LogP) is 1.65. The van der Waals surface area contributed by atoms with Gasteiger partial charge in [-0.2, -0.15) is 0 Å². The van der Waals surface area contributed by atoms with Crippen LogP contribution < -0.4 is 9.88 Å². The summed E-state index contributed by atoms with van der Waals surface area (Å²) in [6.45, 7) is 6.33. The Morgan fingerprint density at radius 3 is 2.38 bits per heavy atom. The number of hydrogen-bond donors (Lipinski definition) is 1. The van der Waals surface area contributed by atoms with E-state index in [1.54, 1.807) is 17.9 Å². The van der Waals surface area contributed by atoms with Crippen LogP contribution >= 0.6 is 15.9 Å². The molecule has 0 heterocycles. The minimum Gasteiger partial charge on any atom is -0.482 e. The third-order valence-electron chi connectivity index (χ3n) is 2.97. The van der Waals surface area contributed by atoms with Crippen LogP contribution in [0.5, 0.6) is 5.75 Å². The van der Waals surface area contributed by atoms with E-state index in [0.29, 0.717) is 23.1 Å². The number of aryl methyl sites for hydroxylation is 1. The van der Waals surface area contributed by atoms with Gasteiger partial charge in [-0.15, -0.1) is 0 Å². The Morgan fingerprint density at radius 2 is 1.90 bits per heavy atom. The van der Waals surface area contributed by atoms with Crippen LogP contribution in [0.1, 0.15) is 19.4 Å². The Morgan fingerprint density at radius 1 is 1.33 bits per heavy atom. The fourth-order valence-corrected chi connectivity index (χ4v) is 3.39. The molecule has 0 saturated heterocycles. The molecule has 21 heavy (non-hydrogen) atoms. The molecule has 0 saturated carbocycles. The summed E-state index contributed by atoms with van der Waals surface area (Å²) in [7, 11) is -3.94. The standard InChI is InChI=1S/C13H19BrN2O4S/c1-4-16(5-2)12(17)8-20-13-9(3)6-10(14)7-11(13)21(15,18)19/h6-7H,4-5,8H2,1-3H3,(H2,15,18,19). The first-order chi connectivity index (χ1) is 9.70. The maximum absolute atomic E-state index is 11.9. The second kappa shape index (κ2) is 7.24. The Kier molecular flexibility index (Phi) is 6.18. The van der Waals surface area contributed by atoms with E-state index in [1.807, 2.05) is 13.8 Å². The first-order valence-corrected chi connectivity index (χ1v) is 8.78. The molecule has 0 atom stereocenters. The van der Waals surface area contributed by atoms with Crippen molar-refractivity contribution in [1.82, 2.24) is 4.90 Å². The van der Waals surface area contributed by atoms with Gasteiger partial charge >= 0.3 is 0 Å². The van der Waals surface area contributed by atoms with Gasteiger partial charge in [0.1, 0.15) is 10.6 Å². The van der Waals surface area contributed by atoms with Gasteiger partial charge in [-0.3, -0.25) is 4.79 Å². The lowest BCUT2D eigenvalue weighted by Gasteiger charge is -2.20. The molecule has 1 aromatic rings. The van der Waals surface area contributed by atoms with Crippen molar-refractivity contribution in [1.29, 1.82) is 0 Å². The quantitative estimate of drug-likeness (QED) is 0.814. The minimum absolute atomic E-state index is 0.112. The van der Waals surface area contributed by atoms with Gasteiger partial charge in [-0.05, 0) is 38.5 Å². The van der Waals surface area contributed by atoms with E-state index in [4.69, 9.17) is 9.88 Å². The molecular weight excluding hydrogens is 360 g/mol. The lowest BCUT2D eigenvalue weighted by Crippen LogP contribution is -2.34. The summed E-state index contributed by atoms with van der Waals surface area (Å²) >= 11 is 3.21. The van der Waals surface area contributed by atoms with Crippen molar-refractivity contribution in [3.63, 3.8) is 0 Å². The number of nitrogens with two attached hydrogens (primary N) is 1. The molecule has 0 bridgehead atoms. The smallest absolute Gasteiger partial charge is 0.260 e. The number of amides is 1. The van der Waals surface area contributed by atoms with Crippen molar-refractivity contribution in [3.8, 4) is 5.75 Å². The number of carbonyl (C=O) groups excluding carboxylic acids is 1. The summed E-state index contributed by atoms with van der Waals surface area (Å²) in [4.78, 5) is 13.4. The van der Waals surface area contributed by atoms with Crippen molar-refractivity contribution in [3.05, 3.63) is 22.2 Å². The second-order valence-corrected chi connectivity index (χ2v) is 6.90. The van der Waals surface area contributed by atoms with E-state index < -0.39 is 10.0 Å². The molecule has 0 unspecified atom stereocenters. The highest BCUT2D eigenvalue weighted by Gasteiger charge is 2.20. The molecule has 1 amide bonds. The van der Waals surface area contributed by atoms with Crippen LogP contribution in [0.25, 0.3) is 0 Å². The highest BCUT2D eigenvalue weighted by Crippen LogP contribution is 2.30. The van der Waals surface area contributed by atoms with Crippen LogP contribution in [-0.4, -0.2) is 38.9 Å². The van der Waals surface area contributed by atoms with Gasteiger partial charge in [-0.1, -0.05) is 15.9 Å². The van der Waals surface area contributed by atoms with E-state index in [0.717, 1.165) is 0 Å². The number of ether oxygens (including phenoxy) is 1. The Bertz CT molecular complexity index is 627. The molecule has 1 aromatic carbocycles. The zero-order valence-electron chi connectivity index (χ0n) is 12.2. The van der Waals surface area contributed by atoms with Crippen LogP contribution in [0, 0.1) is 6.92 Å². The maximum atomic E-state index is 11.9. The number of halogens is 1. The van der Waals surface area contributed by atoms with Crippen molar-refractivity contribution in [2.75, 3.05) is 19.7 Å². The lowest BCUT2D eigenvalue weighted by atomic mass is 10.2. The van der Waals surface area contributed by atoms with E-state index in [2.05, 4.69) is 15.9 Å². The fraction of sp³-hybridized carbons (Fsp3) is 0.462. The fourth-order valence-electron chi connectivity index (χ4n) is 1.90. The molecule has 0 aromatic heterocycles. The Labute approximate surface area is 133 Å². The average Bonchev–Trinajstić information content (AvgIpc) is 2.37. The summed E-state index contributed by atoms with van der Waals surface area (Å²) in [5, 5.41) is 5.19. The zero-order chi connectivity index (χ0) is 16.2. The molecular formula is C13H19BrN2O4S. The van der Waals surface area contributed by atoms with Gasteiger partial charge in [0.05, 0.1) is 0 Å². The molecule has 8 heteroatoms. The van der Waals surface area contributed by atoms with Gasteiger partial charge in [0.2, 0.25) is 10.0 Å². The highest BCUT2D eigenvalue weighted by molar-refractivity contribution is 9.10. The Hall–Kier alpha value is -1.12. The number of nitrogens with zero attached hydrogens (tertiary/aromatic N) is 1. The molecule has 118 valence electrons. The summed E-state index contributed by atoms with van der Waals surface area (Å²) in [5.74, 6) is -0.0936. The predicted molar refractivity (Wildman–Crippen MR) is 83.7 cm³/mol. The minimum atomic E-state index is -3.94. The molecule has 0 aliphatic rings. The summed E-state index contributed by atoms with van der Waals surface area (Å²) in [5.41, 5.74) is 0.584. The summed E-state index contributed by atoms with van der Waals surface area (Å²) in [6, 6.07) is 3.06. The third kappa shape index (κ3) is 4.69.